The van der Waals surface area contributed by atoms with Gasteiger partial charge in [-0.15, -0.1) is 0 Å². The van der Waals surface area contributed by atoms with Crippen molar-refractivity contribution in [2.75, 3.05) is 0 Å². The lowest BCUT2D eigenvalue weighted by atomic mass is 10.4. The second-order valence-electron chi connectivity index (χ2n) is 3.72. The summed E-state index contributed by atoms with van der Waals surface area (Å²) in [6, 6.07) is 0. The molecule has 0 atom stereocenters. The molecule has 8 heteroatoms. The summed E-state index contributed by atoms with van der Waals surface area (Å²) < 4.78 is 2.67. The largest absolute Gasteiger partial charge is 0.369 e. The molecule has 0 spiro atoms. The maximum Gasteiger partial charge on any atom is 0.329 e. The standard InChI is InChI=1S/C9H11N5O3/c1-13-5(3-4(10)15)11-7-6(13)8(16)12-9(17)14(7)2/h3H2,1-2H3,(H2,10,15)(H,12,16,17). The summed E-state index contributed by atoms with van der Waals surface area (Å²) in [4.78, 5) is 40.1. The first kappa shape index (κ1) is 11.1. The molecule has 2 aromatic rings. The molecule has 17 heavy (non-hydrogen) atoms. The Morgan fingerprint density at radius 1 is 1.35 bits per heavy atom. The number of aromatic amines is 1. The molecule has 0 bridgehead atoms. The smallest absolute Gasteiger partial charge is 0.329 e. The normalized spacial score (nSPS) is 10.9. The predicted molar refractivity (Wildman–Crippen MR) is 59.5 cm³/mol. The Bertz CT molecular complexity index is 721. The first-order valence-corrected chi connectivity index (χ1v) is 4.84. The van der Waals surface area contributed by atoms with E-state index in [0.717, 1.165) is 0 Å². The number of aryl methyl sites for hydroxylation is 2. The van der Waals surface area contributed by atoms with E-state index in [1.165, 1.54) is 16.2 Å². The van der Waals surface area contributed by atoms with Gasteiger partial charge in [0.15, 0.2) is 11.2 Å². The fourth-order valence-electron chi connectivity index (χ4n) is 1.67. The van der Waals surface area contributed by atoms with Gasteiger partial charge in [-0.05, 0) is 0 Å². The van der Waals surface area contributed by atoms with Crippen molar-refractivity contribution in [1.29, 1.82) is 0 Å². The molecule has 0 saturated heterocycles. The summed E-state index contributed by atoms with van der Waals surface area (Å²) in [6.45, 7) is 0. The second-order valence-corrected chi connectivity index (χ2v) is 3.72. The molecular weight excluding hydrogens is 226 g/mol. The van der Waals surface area contributed by atoms with Crippen LogP contribution in [-0.2, 0) is 25.3 Å². The third-order valence-corrected chi connectivity index (χ3v) is 2.56. The summed E-state index contributed by atoms with van der Waals surface area (Å²) in [5.41, 5.74) is 4.46. The fourth-order valence-corrected chi connectivity index (χ4v) is 1.67. The summed E-state index contributed by atoms with van der Waals surface area (Å²) in [5, 5.41) is 0. The van der Waals surface area contributed by atoms with E-state index in [1.807, 2.05) is 0 Å². The summed E-state index contributed by atoms with van der Waals surface area (Å²) in [5.74, 6) is -0.205. The second kappa shape index (κ2) is 3.58. The number of carbonyl (C=O) groups excluding carboxylic acids is 1. The lowest BCUT2D eigenvalue weighted by Crippen LogP contribution is -2.29. The van der Waals surface area contributed by atoms with Crippen LogP contribution in [0.25, 0.3) is 11.2 Å². The number of nitrogens with two attached hydrogens (primary N) is 1. The molecule has 2 rings (SSSR count). The van der Waals surface area contributed by atoms with Gasteiger partial charge in [0.1, 0.15) is 5.82 Å². The van der Waals surface area contributed by atoms with Gasteiger partial charge in [0.25, 0.3) is 5.56 Å². The molecule has 0 saturated carbocycles. The van der Waals surface area contributed by atoms with Crippen LogP contribution in [0.4, 0.5) is 0 Å². The van der Waals surface area contributed by atoms with E-state index in [1.54, 1.807) is 7.05 Å². The summed E-state index contributed by atoms with van der Waals surface area (Å²) >= 11 is 0. The van der Waals surface area contributed by atoms with Crippen molar-refractivity contribution in [3.8, 4) is 0 Å². The molecule has 0 aliphatic rings. The third-order valence-electron chi connectivity index (χ3n) is 2.56. The molecule has 2 heterocycles. The van der Waals surface area contributed by atoms with E-state index >= 15 is 0 Å². The van der Waals surface area contributed by atoms with E-state index in [-0.39, 0.29) is 17.6 Å². The van der Waals surface area contributed by atoms with E-state index in [2.05, 4.69) is 9.97 Å². The Hall–Kier alpha value is -2.38. The molecule has 0 aromatic carbocycles. The maximum atomic E-state index is 11.6. The van der Waals surface area contributed by atoms with Crippen molar-refractivity contribution < 1.29 is 4.79 Å². The number of imidazole rings is 1. The number of H-pyrrole nitrogens is 1. The van der Waals surface area contributed by atoms with Crippen LogP contribution in [0, 0.1) is 0 Å². The van der Waals surface area contributed by atoms with E-state index in [9.17, 15) is 14.4 Å². The third kappa shape index (κ3) is 1.63. The van der Waals surface area contributed by atoms with Crippen LogP contribution in [0.15, 0.2) is 9.59 Å². The highest BCUT2D eigenvalue weighted by molar-refractivity contribution is 5.78. The van der Waals surface area contributed by atoms with Crippen LogP contribution < -0.4 is 17.0 Å². The van der Waals surface area contributed by atoms with Gasteiger partial charge in [0, 0.05) is 14.1 Å². The zero-order valence-electron chi connectivity index (χ0n) is 9.35. The number of nitrogens with one attached hydrogen (secondary N) is 1. The number of fused-ring (bicyclic) bond motifs is 1. The van der Waals surface area contributed by atoms with Crippen molar-refractivity contribution >= 4 is 17.1 Å². The van der Waals surface area contributed by atoms with Crippen LogP contribution in [0.1, 0.15) is 5.82 Å². The van der Waals surface area contributed by atoms with E-state index < -0.39 is 17.2 Å². The highest BCUT2D eigenvalue weighted by Gasteiger charge is 2.15. The van der Waals surface area contributed by atoms with Gasteiger partial charge in [0.05, 0.1) is 6.42 Å². The van der Waals surface area contributed by atoms with Gasteiger partial charge in [-0.3, -0.25) is 19.1 Å². The quantitative estimate of drug-likeness (QED) is 0.627. The van der Waals surface area contributed by atoms with Crippen molar-refractivity contribution in [2.45, 2.75) is 6.42 Å². The predicted octanol–water partition coefficient (Wildman–Crippen LogP) is -2.01. The van der Waals surface area contributed by atoms with Gasteiger partial charge < -0.3 is 10.3 Å². The average molecular weight is 237 g/mol. The van der Waals surface area contributed by atoms with Crippen LogP contribution in [0.3, 0.4) is 0 Å². The molecule has 8 nitrogen and oxygen atoms in total. The van der Waals surface area contributed by atoms with Crippen LogP contribution in [0.5, 0.6) is 0 Å². The molecule has 2 aromatic heterocycles. The molecule has 1 amide bonds. The Morgan fingerprint density at radius 3 is 2.59 bits per heavy atom. The molecule has 3 N–H and O–H groups in total. The van der Waals surface area contributed by atoms with Crippen LogP contribution >= 0.6 is 0 Å². The lowest BCUT2D eigenvalue weighted by molar-refractivity contribution is -0.117. The molecule has 90 valence electrons. The van der Waals surface area contributed by atoms with Crippen molar-refractivity contribution in [1.82, 2.24) is 19.1 Å². The van der Waals surface area contributed by atoms with Crippen molar-refractivity contribution in [2.24, 2.45) is 19.8 Å². The number of nitrogens with zero attached hydrogens (tertiary/aromatic N) is 3. The number of primary amides is 1. The maximum absolute atomic E-state index is 11.6. The molecule has 0 aliphatic carbocycles. The summed E-state index contributed by atoms with van der Waals surface area (Å²) in [7, 11) is 3.08. The minimum atomic E-state index is -0.551. The van der Waals surface area contributed by atoms with Gasteiger partial charge in [-0.1, -0.05) is 0 Å². The van der Waals surface area contributed by atoms with Gasteiger partial charge in [-0.25, -0.2) is 9.78 Å². The SMILES string of the molecule is Cn1c(CC(N)=O)nc2c1c(=O)[nH]c(=O)n2C. The molecule has 0 aliphatic heterocycles. The highest BCUT2D eigenvalue weighted by Crippen LogP contribution is 2.08. The molecule has 0 unspecified atom stereocenters. The first-order chi connectivity index (χ1) is 7.91. The Balaban J connectivity index is 2.86. The molecule has 0 fully saturated rings. The lowest BCUT2D eigenvalue weighted by Gasteiger charge is -1.98. The van der Waals surface area contributed by atoms with Crippen LogP contribution in [-0.4, -0.2) is 25.0 Å². The van der Waals surface area contributed by atoms with Gasteiger partial charge >= 0.3 is 5.69 Å². The first-order valence-electron chi connectivity index (χ1n) is 4.84. The van der Waals surface area contributed by atoms with Gasteiger partial charge in [0.2, 0.25) is 5.91 Å². The summed E-state index contributed by atoms with van der Waals surface area (Å²) in [6.07, 6.45) is -0.0845. The molecular formula is C9H11N5O3. The number of hydrogen-bond donors (Lipinski definition) is 2. The number of amides is 1. The van der Waals surface area contributed by atoms with E-state index in [4.69, 9.17) is 5.73 Å². The zero-order chi connectivity index (χ0) is 12.7. The Morgan fingerprint density at radius 2 is 2.00 bits per heavy atom. The average Bonchev–Trinajstić information content (AvgIpc) is 2.53. The number of aromatic nitrogens is 4. The Labute approximate surface area is 94.7 Å². The van der Waals surface area contributed by atoms with E-state index in [0.29, 0.717) is 5.82 Å². The topological polar surface area (TPSA) is 116 Å². The zero-order valence-corrected chi connectivity index (χ0v) is 9.35. The van der Waals surface area contributed by atoms with Crippen LogP contribution in [0.2, 0.25) is 0 Å². The van der Waals surface area contributed by atoms with Crippen molar-refractivity contribution in [3.63, 3.8) is 0 Å². The molecule has 0 radical (unpaired) electrons. The number of carbonyl (C=O) groups is 1. The van der Waals surface area contributed by atoms with Gasteiger partial charge in [-0.2, -0.15) is 0 Å². The fraction of sp³-hybridized carbons (Fsp3) is 0.333. The number of hydrogen-bond acceptors (Lipinski definition) is 4. The number of rotatable bonds is 2. The monoisotopic (exact) mass is 237 g/mol. The minimum absolute atomic E-state index is 0.0845. The van der Waals surface area contributed by atoms with Crippen molar-refractivity contribution in [3.05, 3.63) is 26.7 Å². The highest BCUT2D eigenvalue weighted by atomic mass is 16.2. The Kier molecular flexibility index (Phi) is 2.34. The minimum Gasteiger partial charge on any atom is -0.369 e.